The van der Waals surface area contributed by atoms with Crippen LogP contribution < -0.4 is 5.48 Å². The van der Waals surface area contributed by atoms with Crippen molar-refractivity contribution < 1.29 is 5.21 Å². The lowest BCUT2D eigenvalue weighted by Crippen LogP contribution is -1.89. The molecule has 70 valence electrons. The second kappa shape index (κ2) is 3.43. The molecule has 4 nitrogen and oxygen atoms in total. The van der Waals surface area contributed by atoms with Gasteiger partial charge in [0, 0.05) is 5.39 Å². The zero-order chi connectivity index (χ0) is 9.97. The number of hydrogen-bond donors (Lipinski definition) is 2. The van der Waals surface area contributed by atoms with E-state index in [0.717, 1.165) is 10.8 Å². The molecule has 0 radical (unpaired) electrons. The maximum absolute atomic E-state index is 10.6. The van der Waals surface area contributed by atoms with Crippen molar-refractivity contribution in [1.29, 1.82) is 0 Å². The predicted octanol–water partition coefficient (Wildman–Crippen LogP) is 3.04. The van der Waals surface area contributed by atoms with Crippen LogP contribution in [0.2, 0.25) is 0 Å². The zero-order valence-corrected chi connectivity index (χ0v) is 7.27. The Kier molecular flexibility index (Phi) is 2.12. The number of rotatable bonds is 2. The molecule has 0 atom stereocenters. The summed E-state index contributed by atoms with van der Waals surface area (Å²) in [6, 6.07) is 10.8. The molecule has 0 saturated heterocycles. The fourth-order valence-corrected chi connectivity index (χ4v) is 1.44. The van der Waals surface area contributed by atoms with E-state index in [1.807, 2.05) is 29.7 Å². The molecule has 0 unspecified atom stereocenters. The number of anilines is 1. The summed E-state index contributed by atoms with van der Waals surface area (Å²) in [4.78, 5) is 10.6. The summed E-state index contributed by atoms with van der Waals surface area (Å²) in [5.74, 6) is 0. The van der Waals surface area contributed by atoms with E-state index in [4.69, 9.17) is 5.21 Å². The second-order valence-electron chi connectivity index (χ2n) is 2.89. The van der Waals surface area contributed by atoms with E-state index in [1.54, 1.807) is 12.1 Å². The summed E-state index contributed by atoms with van der Waals surface area (Å²) in [5.41, 5.74) is 2.49. The third kappa shape index (κ3) is 1.22. The number of nitrogens with one attached hydrogen (secondary N) is 1. The third-order valence-electron chi connectivity index (χ3n) is 2.11. The monoisotopic (exact) mass is 188 g/mol. The minimum Gasteiger partial charge on any atom is -0.291 e. The fraction of sp³-hybridized carbons (Fsp3) is 0. The molecule has 14 heavy (non-hydrogen) atoms. The predicted molar refractivity (Wildman–Crippen MR) is 54.8 cm³/mol. The molecule has 2 N–H and O–H groups in total. The van der Waals surface area contributed by atoms with E-state index < -0.39 is 0 Å². The van der Waals surface area contributed by atoms with Gasteiger partial charge in [0.2, 0.25) is 0 Å². The highest BCUT2D eigenvalue weighted by Crippen LogP contribution is 2.33. The van der Waals surface area contributed by atoms with Gasteiger partial charge in [0.15, 0.2) is 0 Å². The number of nitrogens with zero attached hydrogens (tertiary/aromatic N) is 1. The smallest absolute Gasteiger partial charge is 0.141 e. The van der Waals surface area contributed by atoms with Crippen molar-refractivity contribution in [3.05, 3.63) is 41.3 Å². The van der Waals surface area contributed by atoms with Gasteiger partial charge in [-0.3, -0.25) is 10.7 Å². The van der Waals surface area contributed by atoms with Gasteiger partial charge in [0.25, 0.3) is 0 Å². The average molecular weight is 188 g/mol. The lowest BCUT2D eigenvalue weighted by molar-refractivity contribution is 0.389. The van der Waals surface area contributed by atoms with Crippen LogP contribution in [0.3, 0.4) is 0 Å². The van der Waals surface area contributed by atoms with Crippen LogP contribution in [0, 0.1) is 4.91 Å². The Morgan fingerprint density at radius 1 is 1.14 bits per heavy atom. The Bertz CT molecular complexity index is 483. The van der Waals surface area contributed by atoms with Crippen LogP contribution in [0.15, 0.2) is 41.6 Å². The van der Waals surface area contributed by atoms with Crippen LogP contribution in [-0.2, 0) is 0 Å². The van der Waals surface area contributed by atoms with Gasteiger partial charge in [-0.2, -0.15) is 0 Å². The van der Waals surface area contributed by atoms with Crippen molar-refractivity contribution in [3.8, 4) is 0 Å². The van der Waals surface area contributed by atoms with Crippen molar-refractivity contribution in [3.63, 3.8) is 0 Å². The van der Waals surface area contributed by atoms with Gasteiger partial charge in [-0.15, -0.1) is 4.91 Å². The highest BCUT2D eigenvalue weighted by Gasteiger charge is 2.06. The summed E-state index contributed by atoms with van der Waals surface area (Å²) in [6.07, 6.45) is 0. The van der Waals surface area contributed by atoms with E-state index in [1.165, 1.54) is 0 Å². The summed E-state index contributed by atoms with van der Waals surface area (Å²) in [5, 5.41) is 13.3. The van der Waals surface area contributed by atoms with E-state index in [0.29, 0.717) is 5.69 Å². The first kappa shape index (κ1) is 8.65. The van der Waals surface area contributed by atoms with Crippen LogP contribution in [-0.4, -0.2) is 5.21 Å². The Morgan fingerprint density at radius 2 is 1.93 bits per heavy atom. The first-order valence-electron chi connectivity index (χ1n) is 4.12. The number of benzene rings is 2. The largest absolute Gasteiger partial charge is 0.291 e. The highest BCUT2D eigenvalue weighted by molar-refractivity contribution is 5.98. The summed E-state index contributed by atoms with van der Waals surface area (Å²) in [6.45, 7) is 0. The third-order valence-corrected chi connectivity index (χ3v) is 2.11. The molecule has 0 aliphatic carbocycles. The average Bonchev–Trinajstić information content (AvgIpc) is 2.27. The number of hydrogen-bond acceptors (Lipinski definition) is 4. The van der Waals surface area contributed by atoms with Crippen LogP contribution in [0.4, 0.5) is 11.4 Å². The summed E-state index contributed by atoms with van der Waals surface area (Å²) >= 11 is 0. The van der Waals surface area contributed by atoms with E-state index >= 15 is 0 Å². The van der Waals surface area contributed by atoms with Crippen LogP contribution in [0.25, 0.3) is 10.8 Å². The summed E-state index contributed by atoms with van der Waals surface area (Å²) in [7, 11) is 0. The van der Waals surface area contributed by atoms with Gasteiger partial charge < -0.3 is 0 Å². The highest BCUT2D eigenvalue weighted by atomic mass is 16.5. The lowest BCUT2D eigenvalue weighted by Gasteiger charge is -2.04. The molecule has 0 aromatic heterocycles. The standard InChI is InChI=1S/C10H8N2O2/c13-11-9-6-5-7-3-1-2-4-8(7)10(9)12-14/h1-6,11,13H. The normalized spacial score (nSPS) is 10.1. The van der Waals surface area contributed by atoms with Gasteiger partial charge in [-0.05, 0) is 16.6 Å². The number of fused-ring (bicyclic) bond motifs is 1. The van der Waals surface area contributed by atoms with Crippen LogP contribution in [0.1, 0.15) is 0 Å². The molecule has 4 heteroatoms. The van der Waals surface area contributed by atoms with Gasteiger partial charge in [0.1, 0.15) is 5.69 Å². The maximum Gasteiger partial charge on any atom is 0.141 e. The molecule has 0 aliphatic heterocycles. The zero-order valence-electron chi connectivity index (χ0n) is 7.27. The minimum atomic E-state index is 0.227. The molecule has 0 amide bonds. The van der Waals surface area contributed by atoms with Gasteiger partial charge >= 0.3 is 0 Å². The topological polar surface area (TPSA) is 61.7 Å². The molecule has 0 bridgehead atoms. The molecule has 2 rings (SSSR count). The Balaban J connectivity index is 2.83. The Hall–Kier alpha value is -1.94. The fourth-order valence-electron chi connectivity index (χ4n) is 1.44. The molecule has 0 spiro atoms. The van der Waals surface area contributed by atoms with Crippen LogP contribution in [0.5, 0.6) is 0 Å². The molecule has 2 aromatic carbocycles. The molecule has 0 heterocycles. The maximum atomic E-state index is 10.6. The molecular formula is C10H8N2O2. The number of nitroso groups, excluding NO2 is 1. The SMILES string of the molecule is O=Nc1c(NO)ccc2ccccc12. The van der Waals surface area contributed by atoms with Crippen LogP contribution >= 0.6 is 0 Å². The molecule has 0 fully saturated rings. The van der Waals surface area contributed by atoms with Crippen molar-refractivity contribution in [1.82, 2.24) is 0 Å². The first-order chi connectivity index (χ1) is 6.86. The van der Waals surface area contributed by atoms with Gasteiger partial charge in [-0.1, -0.05) is 30.3 Å². The van der Waals surface area contributed by atoms with E-state index in [9.17, 15) is 4.91 Å². The van der Waals surface area contributed by atoms with Crippen molar-refractivity contribution >= 4 is 22.1 Å². The second-order valence-corrected chi connectivity index (χ2v) is 2.89. The minimum absolute atomic E-state index is 0.227. The van der Waals surface area contributed by atoms with Crippen molar-refractivity contribution in [2.75, 3.05) is 5.48 Å². The van der Waals surface area contributed by atoms with Gasteiger partial charge in [-0.25, -0.2) is 0 Å². The van der Waals surface area contributed by atoms with Crippen molar-refractivity contribution in [2.24, 2.45) is 5.18 Å². The van der Waals surface area contributed by atoms with Crippen molar-refractivity contribution in [2.45, 2.75) is 0 Å². The van der Waals surface area contributed by atoms with Gasteiger partial charge in [0.05, 0.1) is 5.69 Å². The summed E-state index contributed by atoms with van der Waals surface area (Å²) < 4.78 is 0. The molecular weight excluding hydrogens is 180 g/mol. The quantitative estimate of drug-likeness (QED) is 0.562. The molecule has 0 saturated carbocycles. The lowest BCUT2D eigenvalue weighted by atomic mass is 10.1. The van der Waals surface area contributed by atoms with E-state index in [-0.39, 0.29) is 5.69 Å². The Labute approximate surface area is 80.1 Å². The van der Waals surface area contributed by atoms with E-state index in [2.05, 4.69) is 5.18 Å². The first-order valence-corrected chi connectivity index (χ1v) is 4.12. The Morgan fingerprint density at radius 3 is 2.64 bits per heavy atom. The molecule has 2 aromatic rings. The molecule has 0 aliphatic rings.